The minimum atomic E-state index is -4.11. The van der Waals surface area contributed by atoms with Crippen molar-refractivity contribution in [2.24, 2.45) is 5.92 Å². The van der Waals surface area contributed by atoms with Crippen molar-refractivity contribution in [3.05, 3.63) is 257 Å². The van der Waals surface area contributed by atoms with E-state index >= 15 is 0 Å². The molecule has 1 N–H and O–H groups in total. The van der Waals surface area contributed by atoms with Crippen LogP contribution in [-0.2, 0) is 69.3 Å². The van der Waals surface area contributed by atoms with Gasteiger partial charge >= 0.3 is 6.18 Å². The monoisotopic (exact) mass is 2090 g/mol. The van der Waals surface area contributed by atoms with Crippen molar-refractivity contribution in [2.75, 3.05) is 112 Å². The van der Waals surface area contributed by atoms with Crippen molar-refractivity contribution in [1.82, 2.24) is 44.0 Å². The standard InChI is InChI=1S/C18H29NO.C17H24F3NO.C17H25NO2.C16H25NO3S.C16H25NO.C16H24O.C15H23NO.C12H15N3/c1-14(2)19-12-10-17(11-13-19)20-16-8-6-15(7-9-16)18(3,4)5;1-16(2,3)13-4-6-14(7-5-13)22-15-8-10-21(11-9-15)12-17(18,19)20;1-13(19)18-11-9-16(10-12-18)20-15-7-5-14(6-8-15)17(2,3)4;1-16(2,3)13-5-7-14(8-6-13)20-15-9-11-17(12-10-15)21(4,18)19;1-16(2,3)13-5-7-14(8-6-13)18-15-9-11-17(4)12-10-15;1-16(2,3)15-6-4-5-14(12-15)11-13-7-9-17-10-8-13;1-15(2,3)12-4-6-13(7-5-12)17-14-8-10-16-11-9-14;1-12(2,3)10-4-6-11(7-5-10)15-9-13-8-14-15/h6-9,14,17H,10-13H2,1-5H3;4-7,15H,8-12H2,1-3H3;5-8,16H,9-12H2,1-4H3;5-8,15H,9-12H2,1-4H3;5-8,15H,9-12H2,1-4H3;4-6,12-13H,7-11H2,1-3H3;4-7,14,16H,8-11H2,1-3H3;4-9H,1-3H3. The van der Waals surface area contributed by atoms with E-state index in [1.54, 1.807) is 17.9 Å². The van der Waals surface area contributed by atoms with Gasteiger partial charge in [-0.15, -0.1) is 0 Å². The lowest BCUT2D eigenvalue weighted by molar-refractivity contribution is -0.149. The molecule has 0 saturated carbocycles. The van der Waals surface area contributed by atoms with Crippen molar-refractivity contribution in [1.29, 1.82) is 0 Å². The SMILES string of the molecule is CC(=O)N1CCC(Oc2ccc(C(C)(C)C)cc2)CC1.CC(C)(C)c1ccc(-n2cncn2)cc1.CC(C)(C)c1ccc(OC2CCN(CC(F)(F)F)CC2)cc1.CC(C)(C)c1ccc(OC2CCN(S(C)(=O)=O)CC2)cc1.CC(C)(C)c1ccc(OC2CCNCC2)cc1.CC(C)(C)c1cccc(CC2CCOCC2)c1.CC(C)N1CCC(Oc2ccc(C(C)(C)C)cc2)CC1.CN1CCC(Oc2ccc(C(C)(C)C)cc2)CC1. The van der Waals surface area contributed by atoms with E-state index in [9.17, 15) is 26.4 Å². The molecule has 0 bridgehead atoms. The minimum absolute atomic E-state index is 0.00460. The molecule has 9 aromatic rings. The molecule has 0 aliphatic carbocycles. The van der Waals surface area contributed by atoms with E-state index in [1.807, 2.05) is 41.3 Å². The molecule has 830 valence electrons. The second kappa shape index (κ2) is 56.7. The number of halogens is 3. The lowest BCUT2D eigenvalue weighted by atomic mass is 9.84. The molecule has 1 aromatic heterocycles. The summed E-state index contributed by atoms with van der Waals surface area (Å²) < 4.78 is 105. The number of amides is 1. The zero-order chi connectivity index (χ0) is 110. The normalized spacial score (nSPS) is 17.6. The number of rotatable bonds is 18. The predicted octanol–water partition coefficient (Wildman–Crippen LogP) is 27.9. The number of carbonyl (C=O) groups is 1. The maximum Gasteiger partial charge on any atom is 0.401 e. The fourth-order valence-electron chi connectivity index (χ4n) is 18.8. The fraction of sp³-hybridized carbons (Fsp3) is 0.598. The molecule has 16 rings (SSSR count). The van der Waals surface area contributed by atoms with Gasteiger partial charge in [-0.25, -0.2) is 22.4 Å². The molecule has 0 spiro atoms. The van der Waals surface area contributed by atoms with Crippen LogP contribution in [0.5, 0.6) is 34.5 Å². The highest BCUT2D eigenvalue weighted by Gasteiger charge is 2.35. The Labute approximate surface area is 903 Å². The smallest absolute Gasteiger partial charge is 0.401 e. The molecule has 0 atom stereocenters. The molecule has 0 radical (unpaired) electrons. The Morgan fingerprint density at radius 1 is 0.387 bits per heavy atom. The van der Waals surface area contributed by atoms with Crippen LogP contribution >= 0.6 is 0 Å². The van der Waals surface area contributed by atoms with Crippen LogP contribution in [0.1, 0.15) is 327 Å². The molecule has 7 aliphatic rings. The number of benzene rings is 8. The summed E-state index contributed by atoms with van der Waals surface area (Å²) in [6, 6.07) is 68.5. The molecular formula is C127H190F3N9O10S. The Morgan fingerprint density at radius 2 is 0.680 bits per heavy atom. The minimum Gasteiger partial charge on any atom is -0.490 e. The van der Waals surface area contributed by atoms with Crippen LogP contribution in [0.4, 0.5) is 13.2 Å². The Balaban J connectivity index is 0.000000191. The summed E-state index contributed by atoms with van der Waals surface area (Å²) in [5.41, 5.74) is 14.7. The Hall–Kier alpha value is -9.33. The summed E-state index contributed by atoms with van der Waals surface area (Å²) in [6.45, 7) is 70.8. The first-order valence-electron chi connectivity index (χ1n) is 55.5. The average molecular weight is 2090 g/mol. The van der Waals surface area contributed by atoms with Gasteiger partial charge in [0, 0.05) is 104 Å². The zero-order valence-corrected chi connectivity index (χ0v) is 98.0. The zero-order valence-electron chi connectivity index (χ0n) is 97.2. The lowest BCUT2D eigenvalue weighted by Gasteiger charge is -2.34. The number of hydrogen-bond acceptors (Lipinski definition) is 16. The molecule has 1 amide bonds. The highest BCUT2D eigenvalue weighted by atomic mass is 32.2. The molecule has 19 nitrogen and oxygen atoms in total. The van der Waals surface area contributed by atoms with Crippen molar-refractivity contribution in [3.63, 3.8) is 0 Å². The number of ether oxygens (including phenoxy) is 7. The fourth-order valence-corrected chi connectivity index (χ4v) is 19.7. The van der Waals surface area contributed by atoms with Gasteiger partial charge in [0.15, 0.2) is 0 Å². The third-order valence-electron chi connectivity index (χ3n) is 29.1. The molecule has 7 aliphatic heterocycles. The van der Waals surface area contributed by atoms with E-state index in [0.717, 1.165) is 176 Å². The maximum atomic E-state index is 12.3. The number of hydrogen-bond donors (Lipinski definition) is 1. The molecule has 8 heterocycles. The van der Waals surface area contributed by atoms with E-state index in [1.165, 1.54) is 91.1 Å². The first kappa shape index (κ1) is 124. The average Bonchev–Trinajstić information content (AvgIpc) is 1.70. The van der Waals surface area contributed by atoms with Crippen molar-refractivity contribution in [2.45, 2.75) is 375 Å². The van der Waals surface area contributed by atoms with Gasteiger partial charge in [0.2, 0.25) is 15.9 Å². The quantitative estimate of drug-likeness (QED) is 0.0858. The summed E-state index contributed by atoms with van der Waals surface area (Å²) in [7, 11) is -0.891. The van der Waals surface area contributed by atoms with Gasteiger partial charge in [0.1, 0.15) is 83.8 Å². The molecule has 7 saturated heterocycles. The summed E-state index contributed by atoms with van der Waals surface area (Å²) in [4.78, 5) is 23.4. The van der Waals surface area contributed by atoms with Crippen LogP contribution in [0, 0.1) is 5.92 Å². The van der Waals surface area contributed by atoms with Gasteiger partial charge < -0.3 is 53.2 Å². The number of sulfonamides is 1. The van der Waals surface area contributed by atoms with Crippen molar-refractivity contribution >= 4 is 15.9 Å². The summed E-state index contributed by atoms with van der Waals surface area (Å²) in [5.74, 6) is 6.60. The number of piperidine rings is 6. The van der Waals surface area contributed by atoms with Gasteiger partial charge in [-0.2, -0.15) is 18.3 Å². The van der Waals surface area contributed by atoms with Crippen LogP contribution in [0.15, 0.2) is 207 Å². The third-order valence-corrected chi connectivity index (χ3v) is 30.4. The first-order valence-corrected chi connectivity index (χ1v) is 57.4. The third kappa shape index (κ3) is 44.6. The van der Waals surface area contributed by atoms with E-state index < -0.39 is 22.7 Å². The highest BCUT2D eigenvalue weighted by Crippen LogP contribution is 2.36. The van der Waals surface area contributed by atoms with Gasteiger partial charge in [0.25, 0.3) is 0 Å². The number of nitrogens with zero attached hydrogens (tertiary/aromatic N) is 8. The molecular weight excluding hydrogens is 1900 g/mol. The van der Waals surface area contributed by atoms with Crippen LogP contribution in [0.2, 0.25) is 0 Å². The molecule has 150 heavy (non-hydrogen) atoms. The topological polar surface area (TPSA) is 175 Å². The van der Waals surface area contributed by atoms with E-state index in [0.29, 0.717) is 63.4 Å². The number of alkyl halides is 3. The first-order chi connectivity index (χ1) is 70.1. The van der Waals surface area contributed by atoms with E-state index in [2.05, 4.69) is 370 Å². The van der Waals surface area contributed by atoms with Crippen LogP contribution in [0.25, 0.3) is 5.69 Å². The molecule has 8 aromatic carbocycles. The number of carbonyl (C=O) groups excluding carboxylic acids is 1. The van der Waals surface area contributed by atoms with Crippen LogP contribution < -0.4 is 33.7 Å². The lowest BCUT2D eigenvalue weighted by Crippen LogP contribution is -2.42. The Kier molecular flexibility index (Phi) is 46.9. The van der Waals surface area contributed by atoms with E-state index in [-0.39, 0.29) is 67.5 Å². The van der Waals surface area contributed by atoms with Gasteiger partial charge in [0.05, 0.1) is 18.5 Å². The molecule has 0 unspecified atom stereocenters. The number of aromatic nitrogens is 3. The van der Waals surface area contributed by atoms with E-state index in [4.69, 9.17) is 33.2 Å². The summed E-state index contributed by atoms with van der Waals surface area (Å²) >= 11 is 0. The predicted molar refractivity (Wildman–Crippen MR) is 613 cm³/mol. The number of nitrogens with one attached hydrogen (secondary N) is 1. The van der Waals surface area contributed by atoms with Crippen LogP contribution in [-0.4, -0.2) is 213 Å². The van der Waals surface area contributed by atoms with Crippen LogP contribution in [0.3, 0.4) is 0 Å². The van der Waals surface area contributed by atoms with Gasteiger partial charge in [-0.1, -0.05) is 275 Å². The highest BCUT2D eigenvalue weighted by molar-refractivity contribution is 7.88. The Morgan fingerprint density at radius 3 is 0.967 bits per heavy atom. The largest absolute Gasteiger partial charge is 0.490 e. The number of likely N-dealkylation sites (tertiary alicyclic amines) is 4. The Bertz CT molecular complexity index is 5450. The molecule has 23 heteroatoms. The summed E-state index contributed by atoms with van der Waals surface area (Å²) in [6.07, 6.45) is 16.9. The molecule has 7 fully saturated rings. The van der Waals surface area contributed by atoms with Crippen molar-refractivity contribution < 1.29 is 59.5 Å². The van der Waals surface area contributed by atoms with Gasteiger partial charge in [-0.3, -0.25) is 9.69 Å². The van der Waals surface area contributed by atoms with Gasteiger partial charge in [-0.05, 0) is 302 Å². The van der Waals surface area contributed by atoms with Crippen molar-refractivity contribution in [3.8, 4) is 40.2 Å². The second-order valence-corrected chi connectivity index (χ2v) is 52.6. The summed E-state index contributed by atoms with van der Waals surface area (Å²) in [5, 5.41) is 7.43. The maximum absolute atomic E-state index is 12.3. The second-order valence-electron chi connectivity index (χ2n) is 50.6.